The van der Waals surface area contributed by atoms with Gasteiger partial charge in [0.25, 0.3) is 0 Å². The van der Waals surface area contributed by atoms with Gasteiger partial charge >= 0.3 is 0 Å². The van der Waals surface area contributed by atoms with Crippen LogP contribution in [0.4, 0.5) is 0 Å². The number of nitrogens with zero attached hydrogens (tertiary/aromatic N) is 1. The molecule has 2 rings (SSSR count). The van der Waals surface area contributed by atoms with Crippen LogP contribution in [-0.2, 0) is 13.4 Å². The number of hydrogen-bond acceptors (Lipinski definition) is 0. The molecule has 94 valence electrons. The molecular weight excluding hydrogens is 218 g/mol. The number of aromatic nitrogens is 1. The van der Waals surface area contributed by atoms with Crippen molar-refractivity contribution in [3.05, 3.63) is 53.7 Å². The van der Waals surface area contributed by atoms with Crippen LogP contribution in [0.25, 0.3) is 11.3 Å². The second kappa shape index (κ2) is 5.34. The maximum Gasteiger partial charge on any atom is 0.212 e. The molecule has 1 heterocycles. The van der Waals surface area contributed by atoms with Gasteiger partial charge in [-0.05, 0) is 42.5 Å². The van der Waals surface area contributed by atoms with Gasteiger partial charge in [-0.25, -0.2) is 4.57 Å². The van der Waals surface area contributed by atoms with Crippen LogP contribution >= 0.6 is 0 Å². The maximum atomic E-state index is 8.25. The third-order valence-corrected chi connectivity index (χ3v) is 2.89. The third-order valence-electron chi connectivity index (χ3n) is 2.89. The van der Waals surface area contributed by atoms with Gasteiger partial charge in [-0.3, -0.25) is 0 Å². The molecule has 1 atom stereocenters. The van der Waals surface area contributed by atoms with E-state index < -0.39 is 19.1 Å². The summed E-state index contributed by atoms with van der Waals surface area (Å²) in [7, 11) is 1.93. The van der Waals surface area contributed by atoms with Crippen LogP contribution in [0.15, 0.2) is 42.6 Å². The van der Waals surface area contributed by atoms with E-state index >= 15 is 0 Å². The monoisotopic (exact) mass is 246 g/mol. The van der Waals surface area contributed by atoms with Crippen LogP contribution in [-0.4, -0.2) is 0 Å². The average Bonchev–Trinajstić information content (AvgIpc) is 2.46. The summed E-state index contributed by atoms with van der Waals surface area (Å²) in [5.74, 6) is -2.24. The zero-order chi connectivity index (χ0) is 18.3. The molecule has 0 aliphatic heterocycles. The van der Waals surface area contributed by atoms with Gasteiger partial charge in [0.15, 0.2) is 6.20 Å². The average molecular weight is 246 g/mol. The predicted octanol–water partition coefficient (Wildman–Crippen LogP) is 3.69. The normalized spacial score (nSPS) is 20.6. The van der Waals surface area contributed by atoms with Crippen LogP contribution in [0.1, 0.15) is 33.1 Å². The van der Waals surface area contributed by atoms with Gasteiger partial charge in [-0.1, -0.05) is 25.9 Å². The molecule has 1 aromatic heterocycles. The summed E-state index contributed by atoms with van der Waals surface area (Å²) >= 11 is 0. The molecule has 18 heavy (non-hydrogen) atoms. The highest BCUT2D eigenvalue weighted by Crippen LogP contribution is 2.22. The molecule has 0 saturated carbocycles. The van der Waals surface area contributed by atoms with Gasteiger partial charge in [-0.15, -0.1) is 0 Å². The van der Waals surface area contributed by atoms with Crippen molar-refractivity contribution in [2.75, 3.05) is 0 Å². The lowest BCUT2D eigenvalue weighted by Crippen LogP contribution is -2.30. The summed E-state index contributed by atoms with van der Waals surface area (Å²) in [4.78, 5) is 0. The van der Waals surface area contributed by atoms with Gasteiger partial charge in [0, 0.05) is 25.9 Å². The minimum Gasteiger partial charge on any atom is -0.201 e. The van der Waals surface area contributed by atoms with Gasteiger partial charge in [0.05, 0.1) is 0 Å². The zero-order valence-corrected chi connectivity index (χ0v) is 11.0. The summed E-state index contributed by atoms with van der Waals surface area (Å²) in [6.07, 6.45) is -0.377. The van der Waals surface area contributed by atoms with Gasteiger partial charge < -0.3 is 0 Å². The van der Waals surface area contributed by atoms with Crippen LogP contribution in [0.5, 0.6) is 0 Å². The number of benzene rings is 1. The topological polar surface area (TPSA) is 3.88 Å². The summed E-state index contributed by atoms with van der Waals surface area (Å²) in [6, 6.07) is 10.8. The lowest BCUT2D eigenvalue weighted by Gasteiger charge is -2.09. The van der Waals surface area contributed by atoms with Crippen molar-refractivity contribution in [1.29, 1.82) is 0 Å². The molecule has 0 amide bonds. The molecule has 2 aromatic rings. The van der Waals surface area contributed by atoms with Gasteiger partial charge in [0.1, 0.15) is 7.05 Å². The Hall–Kier alpha value is -1.63. The molecule has 1 heteroatoms. The molecule has 0 fully saturated rings. The van der Waals surface area contributed by atoms with Crippen molar-refractivity contribution < 1.29 is 12.8 Å². The van der Waals surface area contributed by atoms with Crippen molar-refractivity contribution in [2.45, 2.75) is 27.1 Å². The first kappa shape index (κ1) is 7.08. The highest BCUT2D eigenvalue weighted by atomic mass is 14.9. The van der Waals surface area contributed by atoms with Crippen molar-refractivity contribution in [1.82, 2.24) is 0 Å². The van der Waals surface area contributed by atoms with Crippen molar-refractivity contribution >= 4 is 0 Å². The van der Waals surface area contributed by atoms with Crippen LogP contribution in [0.3, 0.4) is 0 Å². The van der Waals surface area contributed by atoms with Crippen molar-refractivity contribution in [3.8, 4) is 11.3 Å². The predicted molar refractivity (Wildman–Crippen MR) is 76.3 cm³/mol. The second-order valence-corrected chi connectivity index (χ2v) is 4.48. The first-order chi connectivity index (χ1) is 10.9. The molecule has 1 nitrogen and oxygen atoms in total. The van der Waals surface area contributed by atoms with Gasteiger partial charge in [0.2, 0.25) is 5.69 Å². The Morgan fingerprint density at radius 3 is 2.89 bits per heavy atom. The van der Waals surface area contributed by atoms with E-state index in [1.54, 1.807) is 18.2 Å². The fraction of sp³-hybridized carbons (Fsp3) is 0.353. The van der Waals surface area contributed by atoms with Crippen LogP contribution in [0, 0.1) is 12.8 Å². The Balaban J connectivity index is 2.52. The van der Waals surface area contributed by atoms with E-state index in [9.17, 15) is 0 Å². The molecule has 0 N–H and O–H groups in total. The molecular formula is C17H22N+. The highest BCUT2D eigenvalue weighted by Gasteiger charge is 2.11. The Labute approximate surface area is 119 Å². The van der Waals surface area contributed by atoms with E-state index in [1.165, 1.54) is 0 Å². The summed E-state index contributed by atoms with van der Waals surface area (Å²) < 4.78 is 49.1. The quantitative estimate of drug-likeness (QED) is 0.727. The summed E-state index contributed by atoms with van der Waals surface area (Å²) in [5.41, 5.74) is 2.96. The minimum absolute atomic E-state index is 0.205. The lowest BCUT2D eigenvalue weighted by molar-refractivity contribution is -0.660. The summed E-state index contributed by atoms with van der Waals surface area (Å²) in [6.45, 7) is 0.258. The van der Waals surface area contributed by atoms with Gasteiger partial charge in [-0.2, -0.15) is 0 Å². The summed E-state index contributed by atoms with van der Waals surface area (Å²) in [5, 5.41) is 0. The fourth-order valence-corrected chi connectivity index (χ4v) is 2.05. The largest absolute Gasteiger partial charge is 0.212 e. The number of aryl methyl sites for hydroxylation is 2. The van der Waals surface area contributed by atoms with E-state index in [-0.39, 0.29) is 5.56 Å². The first-order valence-electron chi connectivity index (χ1n) is 8.96. The molecule has 0 bridgehead atoms. The van der Waals surface area contributed by atoms with E-state index in [0.717, 1.165) is 23.7 Å². The Morgan fingerprint density at radius 1 is 1.39 bits per heavy atom. The zero-order valence-electron chi connectivity index (χ0n) is 17.0. The third kappa shape index (κ3) is 2.79. The van der Waals surface area contributed by atoms with E-state index in [2.05, 4.69) is 0 Å². The fourth-order valence-electron chi connectivity index (χ4n) is 2.05. The second-order valence-electron chi connectivity index (χ2n) is 4.48. The molecule has 0 aliphatic carbocycles. The number of hydrogen-bond donors (Lipinski definition) is 0. The smallest absolute Gasteiger partial charge is 0.201 e. The lowest BCUT2D eigenvalue weighted by atomic mass is 9.97. The molecule has 0 saturated heterocycles. The highest BCUT2D eigenvalue weighted by molar-refractivity contribution is 5.61. The SMILES string of the molecule is [2H]C([2H])([2H])C([2H])(C)C([2H])([2H])c1ccc(-c2cccc[n+]2C)c(C)c1. The maximum absolute atomic E-state index is 8.25. The molecule has 0 radical (unpaired) electrons. The van der Waals surface area contributed by atoms with Crippen LogP contribution in [0.2, 0.25) is 0 Å². The van der Waals surface area contributed by atoms with Crippen molar-refractivity contribution in [3.63, 3.8) is 0 Å². The molecule has 0 aliphatic rings. The molecule has 0 spiro atoms. The van der Waals surface area contributed by atoms with E-state index in [0.29, 0.717) is 0 Å². The Morgan fingerprint density at radius 2 is 2.22 bits per heavy atom. The standard InChI is InChI=1S/C17H22N/c1-13(2)11-15-8-9-16(14(3)12-15)17-7-5-6-10-18(17)4/h5-10,12-13H,11H2,1-4H3/q+1/i1D3,11D2,13D. The van der Waals surface area contributed by atoms with Crippen LogP contribution < -0.4 is 4.57 Å². The Kier molecular flexibility index (Phi) is 2.10. The van der Waals surface area contributed by atoms with E-state index in [4.69, 9.17) is 8.22 Å². The minimum atomic E-state index is -2.73. The molecule has 1 unspecified atom stereocenters. The van der Waals surface area contributed by atoms with Crippen molar-refractivity contribution in [2.24, 2.45) is 12.9 Å². The number of pyridine rings is 1. The van der Waals surface area contributed by atoms with E-state index in [1.807, 2.05) is 42.9 Å². The number of rotatable bonds is 3. The molecule has 1 aromatic carbocycles. The first-order valence-corrected chi connectivity index (χ1v) is 5.96. The Bertz CT molecular complexity index is 749.